The van der Waals surface area contributed by atoms with Gasteiger partial charge in [-0.15, -0.1) is 0 Å². The van der Waals surface area contributed by atoms with E-state index in [2.05, 4.69) is 17.0 Å². The molecule has 1 heterocycles. The highest BCUT2D eigenvalue weighted by molar-refractivity contribution is 5.95. The molecule has 0 bridgehead atoms. The predicted octanol–water partition coefficient (Wildman–Crippen LogP) is 2.67. The van der Waals surface area contributed by atoms with Crippen molar-refractivity contribution in [3.63, 3.8) is 0 Å². The van der Waals surface area contributed by atoms with Gasteiger partial charge in [0.05, 0.1) is 21.3 Å². The molecule has 3 rings (SSSR count). The Hall–Kier alpha value is -2.73. The number of ether oxygens (including phenoxy) is 3. The third-order valence-corrected chi connectivity index (χ3v) is 4.82. The summed E-state index contributed by atoms with van der Waals surface area (Å²) in [5.74, 6) is 2.12. The number of rotatable bonds is 6. The van der Waals surface area contributed by atoms with Crippen LogP contribution in [-0.2, 0) is 6.54 Å². The van der Waals surface area contributed by atoms with Crippen LogP contribution < -0.4 is 14.2 Å². The highest BCUT2D eigenvalue weighted by atomic mass is 16.5. The van der Waals surface area contributed by atoms with Gasteiger partial charge < -0.3 is 19.1 Å². The van der Waals surface area contributed by atoms with Crippen molar-refractivity contribution < 1.29 is 19.0 Å². The lowest BCUT2D eigenvalue weighted by atomic mass is 10.1. The summed E-state index contributed by atoms with van der Waals surface area (Å²) < 4.78 is 15.7. The fourth-order valence-electron chi connectivity index (χ4n) is 3.21. The number of carbonyl (C=O) groups is 1. The van der Waals surface area contributed by atoms with Crippen LogP contribution in [-0.4, -0.2) is 63.2 Å². The van der Waals surface area contributed by atoms with E-state index in [1.54, 1.807) is 39.5 Å². The minimum absolute atomic E-state index is 0.0105. The van der Waals surface area contributed by atoms with Crippen LogP contribution in [0.2, 0.25) is 0 Å². The fourth-order valence-corrected chi connectivity index (χ4v) is 3.21. The Labute approximate surface area is 160 Å². The smallest absolute Gasteiger partial charge is 0.254 e. The molecular weight excluding hydrogens is 344 g/mol. The lowest BCUT2D eigenvalue weighted by Crippen LogP contribution is -2.48. The number of hydrogen-bond donors (Lipinski definition) is 0. The van der Waals surface area contributed by atoms with E-state index in [1.165, 1.54) is 5.56 Å². The summed E-state index contributed by atoms with van der Waals surface area (Å²) in [6, 6.07) is 13.4. The van der Waals surface area contributed by atoms with E-state index >= 15 is 0 Å². The predicted molar refractivity (Wildman–Crippen MR) is 104 cm³/mol. The molecule has 0 spiro atoms. The van der Waals surface area contributed by atoms with E-state index in [0.29, 0.717) is 30.2 Å². The zero-order valence-corrected chi connectivity index (χ0v) is 16.1. The third-order valence-electron chi connectivity index (χ3n) is 4.82. The summed E-state index contributed by atoms with van der Waals surface area (Å²) in [6.45, 7) is 3.97. The van der Waals surface area contributed by atoms with Crippen molar-refractivity contribution in [1.82, 2.24) is 9.80 Å². The maximum absolute atomic E-state index is 12.9. The molecule has 0 radical (unpaired) electrons. The first-order valence-corrected chi connectivity index (χ1v) is 9.00. The molecular formula is C21H26N2O4. The van der Waals surface area contributed by atoms with Crippen molar-refractivity contribution in [2.24, 2.45) is 0 Å². The molecule has 0 unspecified atom stereocenters. The first-order valence-electron chi connectivity index (χ1n) is 9.00. The van der Waals surface area contributed by atoms with Crippen molar-refractivity contribution >= 4 is 5.91 Å². The molecule has 27 heavy (non-hydrogen) atoms. The second-order valence-corrected chi connectivity index (χ2v) is 6.52. The highest BCUT2D eigenvalue weighted by Crippen LogP contribution is 2.24. The average Bonchev–Trinajstić information content (AvgIpc) is 2.74. The normalized spacial score (nSPS) is 14.7. The van der Waals surface area contributed by atoms with E-state index in [0.717, 1.165) is 25.4 Å². The van der Waals surface area contributed by atoms with Gasteiger partial charge in [0.25, 0.3) is 5.91 Å². The molecule has 2 aromatic rings. The molecule has 1 aliphatic rings. The number of amides is 1. The molecule has 0 saturated carbocycles. The Morgan fingerprint density at radius 2 is 1.37 bits per heavy atom. The first-order chi connectivity index (χ1) is 13.1. The molecule has 0 N–H and O–H groups in total. The number of hydrogen-bond acceptors (Lipinski definition) is 5. The zero-order chi connectivity index (χ0) is 19.2. The number of benzene rings is 2. The van der Waals surface area contributed by atoms with Crippen LogP contribution in [0.1, 0.15) is 15.9 Å². The molecule has 6 heteroatoms. The molecule has 6 nitrogen and oxygen atoms in total. The lowest BCUT2D eigenvalue weighted by molar-refractivity contribution is 0.0627. The van der Waals surface area contributed by atoms with Crippen LogP contribution in [0.15, 0.2) is 42.5 Å². The Morgan fingerprint density at radius 1 is 0.815 bits per heavy atom. The SMILES string of the molecule is COc1ccc(CN2CCN(C(=O)c3cc(OC)cc(OC)c3)CC2)cc1. The maximum atomic E-state index is 12.9. The number of methoxy groups -OCH3 is 3. The summed E-state index contributed by atoms with van der Waals surface area (Å²) in [6.07, 6.45) is 0. The van der Waals surface area contributed by atoms with Crippen molar-refractivity contribution in [3.05, 3.63) is 53.6 Å². The summed E-state index contributed by atoms with van der Waals surface area (Å²) in [7, 11) is 4.84. The van der Waals surface area contributed by atoms with Crippen LogP contribution >= 0.6 is 0 Å². The van der Waals surface area contributed by atoms with Gasteiger partial charge in [0.1, 0.15) is 17.2 Å². The number of carbonyl (C=O) groups excluding carboxylic acids is 1. The van der Waals surface area contributed by atoms with E-state index < -0.39 is 0 Å². The summed E-state index contributed by atoms with van der Waals surface area (Å²) >= 11 is 0. The molecule has 144 valence electrons. The lowest BCUT2D eigenvalue weighted by Gasteiger charge is -2.35. The average molecular weight is 370 g/mol. The first kappa shape index (κ1) is 19.0. The van der Waals surface area contributed by atoms with Gasteiger partial charge >= 0.3 is 0 Å². The fraction of sp³-hybridized carbons (Fsp3) is 0.381. The van der Waals surface area contributed by atoms with Gasteiger partial charge in [0.15, 0.2) is 0 Å². The Balaban J connectivity index is 1.59. The number of piperazine rings is 1. The maximum Gasteiger partial charge on any atom is 0.254 e. The van der Waals surface area contributed by atoms with Gasteiger partial charge in [-0.25, -0.2) is 0 Å². The molecule has 0 aromatic heterocycles. The molecule has 0 atom stereocenters. The van der Waals surface area contributed by atoms with Crippen LogP contribution in [0.4, 0.5) is 0 Å². The summed E-state index contributed by atoms with van der Waals surface area (Å²) in [5.41, 5.74) is 1.84. The molecule has 1 saturated heterocycles. The van der Waals surface area contributed by atoms with E-state index in [-0.39, 0.29) is 5.91 Å². The summed E-state index contributed by atoms with van der Waals surface area (Å²) in [4.78, 5) is 17.1. The van der Waals surface area contributed by atoms with Gasteiger partial charge in [0.2, 0.25) is 0 Å². The second kappa shape index (κ2) is 8.77. The van der Waals surface area contributed by atoms with Crippen molar-refractivity contribution in [1.29, 1.82) is 0 Å². The molecule has 0 aliphatic carbocycles. The van der Waals surface area contributed by atoms with Gasteiger partial charge in [-0.3, -0.25) is 9.69 Å². The Morgan fingerprint density at radius 3 is 1.89 bits per heavy atom. The van der Waals surface area contributed by atoms with Crippen LogP contribution in [0.25, 0.3) is 0 Å². The topological polar surface area (TPSA) is 51.2 Å². The van der Waals surface area contributed by atoms with Gasteiger partial charge in [-0.2, -0.15) is 0 Å². The van der Waals surface area contributed by atoms with Crippen molar-refractivity contribution in [2.75, 3.05) is 47.5 Å². The van der Waals surface area contributed by atoms with E-state index in [4.69, 9.17) is 14.2 Å². The van der Waals surface area contributed by atoms with Crippen LogP contribution in [0, 0.1) is 0 Å². The van der Waals surface area contributed by atoms with Crippen LogP contribution in [0.3, 0.4) is 0 Å². The highest BCUT2D eigenvalue weighted by Gasteiger charge is 2.23. The van der Waals surface area contributed by atoms with Crippen molar-refractivity contribution in [3.8, 4) is 17.2 Å². The molecule has 1 aliphatic heterocycles. The molecule has 1 amide bonds. The quantitative estimate of drug-likeness (QED) is 0.783. The standard InChI is InChI=1S/C21H26N2O4/c1-25-18-6-4-16(5-7-18)15-22-8-10-23(11-9-22)21(24)17-12-19(26-2)14-20(13-17)27-3/h4-7,12-14H,8-11,15H2,1-3H3. The van der Waals surface area contributed by atoms with Gasteiger partial charge in [-0.1, -0.05) is 12.1 Å². The van der Waals surface area contributed by atoms with Gasteiger partial charge in [-0.05, 0) is 29.8 Å². The Kier molecular flexibility index (Phi) is 6.19. The van der Waals surface area contributed by atoms with E-state index in [1.807, 2.05) is 17.0 Å². The monoisotopic (exact) mass is 370 g/mol. The van der Waals surface area contributed by atoms with Gasteiger partial charge in [0, 0.05) is 44.4 Å². The molecule has 1 fully saturated rings. The van der Waals surface area contributed by atoms with Crippen LogP contribution in [0.5, 0.6) is 17.2 Å². The van der Waals surface area contributed by atoms with E-state index in [9.17, 15) is 4.79 Å². The Bertz CT molecular complexity index is 746. The minimum atomic E-state index is 0.0105. The summed E-state index contributed by atoms with van der Waals surface area (Å²) in [5, 5.41) is 0. The number of nitrogens with zero attached hydrogens (tertiary/aromatic N) is 2. The second-order valence-electron chi connectivity index (χ2n) is 6.52. The minimum Gasteiger partial charge on any atom is -0.497 e. The zero-order valence-electron chi connectivity index (χ0n) is 16.1. The van der Waals surface area contributed by atoms with Crippen molar-refractivity contribution in [2.45, 2.75) is 6.54 Å². The molecule has 2 aromatic carbocycles. The third kappa shape index (κ3) is 4.71. The largest absolute Gasteiger partial charge is 0.497 e.